The average Bonchev–Trinajstić information content (AvgIpc) is 3.00. The zero-order valence-electron chi connectivity index (χ0n) is 16.4. The van der Waals surface area contributed by atoms with Crippen molar-refractivity contribution in [2.24, 2.45) is 5.92 Å². The lowest BCUT2D eigenvalue weighted by molar-refractivity contribution is -0.118. The van der Waals surface area contributed by atoms with Crippen LogP contribution in [0.4, 0.5) is 0 Å². The molecule has 0 saturated carbocycles. The van der Waals surface area contributed by atoms with Crippen molar-refractivity contribution in [3.63, 3.8) is 0 Å². The standard InChI is InChI=1S/C19H26N4O3S2/c1-5-10-23-17(13-28(25,26)16-8-6-15(4)7-9-16)21-22-19(23)27-12-18(24)20-11-14(2)3/h5-9,14H,1,10-13H2,2-4H3,(H,20,24). The number of carbonyl (C=O) groups is 1. The smallest absolute Gasteiger partial charge is 0.230 e. The topological polar surface area (TPSA) is 93.9 Å². The normalized spacial score (nSPS) is 11.6. The molecule has 2 rings (SSSR count). The highest BCUT2D eigenvalue weighted by Gasteiger charge is 2.21. The Bertz CT molecular complexity index is 919. The van der Waals surface area contributed by atoms with Crippen LogP contribution < -0.4 is 5.32 Å². The van der Waals surface area contributed by atoms with E-state index < -0.39 is 9.84 Å². The third-order valence-electron chi connectivity index (χ3n) is 3.84. The largest absolute Gasteiger partial charge is 0.355 e. The van der Waals surface area contributed by atoms with Crippen molar-refractivity contribution < 1.29 is 13.2 Å². The van der Waals surface area contributed by atoms with Crippen LogP contribution >= 0.6 is 11.8 Å². The number of aryl methyl sites for hydroxylation is 1. The maximum absolute atomic E-state index is 12.7. The number of nitrogens with one attached hydrogen (secondary N) is 1. The van der Waals surface area contributed by atoms with E-state index in [0.29, 0.717) is 30.0 Å². The number of nitrogens with zero attached hydrogens (tertiary/aromatic N) is 3. The molecule has 1 aromatic carbocycles. The van der Waals surface area contributed by atoms with E-state index >= 15 is 0 Å². The molecule has 0 fully saturated rings. The number of sulfone groups is 1. The molecule has 1 N–H and O–H groups in total. The summed E-state index contributed by atoms with van der Waals surface area (Å²) in [6, 6.07) is 6.71. The molecule has 1 amide bonds. The Morgan fingerprint density at radius 3 is 2.57 bits per heavy atom. The SMILES string of the molecule is C=CCn1c(CS(=O)(=O)c2ccc(C)cc2)nnc1SCC(=O)NCC(C)C. The number of rotatable bonds is 10. The third-order valence-corrected chi connectivity index (χ3v) is 6.44. The van der Waals surface area contributed by atoms with Crippen molar-refractivity contribution in [2.45, 2.75) is 43.1 Å². The van der Waals surface area contributed by atoms with Crippen molar-refractivity contribution in [1.29, 1.82) is 0 Å². The molecule has 0 unspecified atom stereocenters. The lowest BCUT2D eigenvalue weighted by Gasteiger charge is -2.09. The maximum Gasteiger partial charge on any atom is 0.230 e. The van der Waals surface area contributed by atoms with Crippen LogP contribution in [0, 0.1) is 12.8 Å². The van der Waals surface area contributed by atoms with Crippen molar-refractivity contribution >= 4 is 27.5 Å². The van der Waals surface area contributed by atoms with Gasteiger partial charge in [-0.15, -0.1) is 16.8 Å². The molecule has 152 valence electrons. The third kappa shape index (κ3) is 6.20. The molecule has 0 bridgehead atoms. The first-order chi connectivity index (χ1) is 13.2. The molecule has 0 aliphatic heterocycles. The van der Waals surface area contributed by atoms with Crippen molar-refractivity contribution in [3.8, 4) is 0 Å². The van der Waals surface area contributed by atoms with Gasteiger partial charge in [0.25, 0.3) is 0 Å². The van der Waals surface area contributed by atoms with Gasteiger partial charge < -0.3 is 9.88 Å². The van der Waals surface area contributed by atoms with E-state index in [-0.39, 0.29) is 22.3 Å². The summed E-state index contributed by atoms with van der Waals surface area (Å²) >= 11 is 1.23. The Kier molecular flexibility index (Phi) is 7.82. The lowest BCUT2D eigenvalue weighted by Crippen LogP contribution is -2.28. The van der Waals surface area contributed by atoms with Gasteiger partial charge in [-0.2, -0.15) is 0 Å². The maximum atomic E-state index is 12.7. The highest BCUT2D eigenvalue weighted by Crippen LogP contribution is 2.21. The first-order valence-corrected chi connectivity index (χ1v) is 11.6. The van der Waals surface area contributed by atoms with E-state index in [1.165, 1.54) is 11.8 Å². The quantitative estimate of drug-likeness (QED) is 0.467. The van der Waals surface area contributed by atoms with E-state index in [1.807, 2.05) is 20.8 Å². The number of hydrogen-bond donors (Lipinski definition) is 1. The Hall–Kier alpha value is -2.13. The van der Waals surface area contributed by atoms with E-state index in [2.05, 4.69) is 22.1 Å². The summed E-state index contributed by atoms with van der Waals surface area (Å²) in [6.45, 7) is 10.6. The summed E-state index contributed by atoms with van der Waals surface area (Å²) in [5.74, 6) is 0.521. The predicted molar refractivity (Wildman–Crippen MR) is 111 cm³/mol. The molecule has 1 heterocycles. The minimum Gasteiger partial charge on any atom is -0.355 e. The fourth-order valence-electron chi connectivity index (χ4n) is 2.34. The van der Waals surface area contributed by atoms with E-state index in [4.69, 9.17) is 0 Å². The van der Waals surface area contributed by atoms with Gasteiger partial charge in [0.1, 0.15) is 11.6 Å². The van der Waals surface area contributed by atoms with Gasteiger partial charge in [0.05, 0.1) is 10.6 Å². The highest BCUT2D eigenvalue weighted by molar-refractivity contribution is 7.99. The average molecular weight is 423 g/mol. The number of carbonyl (C=O) groups excluding carboxylic acids is 1. The predicted octanol–water partition coefficient (Wildman–Crippen LogP) is 2.61. The van der Waals surface area contributed by atoms with Gasteiger partial charge in [0.2, 0.25) is 5.91 Å². The second kappa shape index (κ2) is 9.88. The van der Waals surface area contributed by atoms with E-state index in [1.54, 1.807) is 34.9 Å². The lowest BCUT2D eigenvalue weighted by atomic mass is 10.2. The summed E-state index contributed by atoms with van der Waals surface area (Å²) in [5.41, 5.74) is 0.989. The van der Waals surface area contributed by atoms with Gasteiger partial charge in [-0.05, 0) is 25.0 Å². The second-order valence-corrected chi connectivity index (χ2v) is 9.79. The van der Waals surface area contributed by atoms with Crippen LogP contribution in [-0.4, -0.2) is 41.4 Å². The van der Waals surface area contributed by atoms with Crippen LogP contribution in [0.2, 0.25) is 0 Å². The summed E-state index contributed by atoms with van der Waals surface area (Å²) in [6.07, 6.45) is 1.65. The van der Waals surface area contributed by atoms with Gasteiger partial charge >= 0.3 is 0 Å². The van der Waals surface area contributed by atoms with E-state index in [0.717, 1.165) is 5.56 Å². The minimum absolute atomic E-state index is 0.0966. The number of hydrogen-bond acceptors (Lipinski definition) is 6. The molecule has 0 atom stereocenters. The monoisotopic (exact) mass is 422 g/mol. The molecule has 9 heteroatoms. The molecule has 2 aromatic rings. The van der Waals surface area contributed by atoms with E-state index in [9.17, 15) is 13.2 Å². The Labute approximate surface area is 170 Å². The van der Waals surface area contributed by atoms with Crippen LogP contribution in [0.15, 0.2) is 47.0 Å². The number of allylic oxidation sites excluding steroid dienone is 1. The molecule has 28 heavy (non-hydrogen) atoms. The molecule has 0 radical (unpaired) electrons. The van der Waals surface area contributed by atoms with Gasteiger partial charge in [-0.3, -0.25) is 4.79 Å². The first kappa shape index (κ1) is 22.2. The fourth-order valence-corrected chi connectivity index (χ4v) is 4.41. The van der Waals surface area contributed by atoms with Gasteiger partial charge in [-0.1, -0.05) is 49.4 Å². The van der Waals surface area contributed by atoms with Crippen LogP contribution in [0.5, 0.6) is 0 Å². The summed E-state index contributed by atoms with van der Waals surface area (Å²) in [7, 11) is -3.55. The zero-order chi connectivity index (χ0) is 20.7. The Balaban J connectivity index is 2.14. The summed E-state index contributed by atoms with van der Waals surface area (Å²) < 4.78 is 27.1. The number of aromatic nitrogens is 3. The summed E-state index contributed by atoms with van der Waals surface area (Å²) in [4.78, 5) is 12.2. The number of benzene rings is 1. The first-order valence-electron chi connectivity index (χ1n) is 8.95. The molecule has 0 saturated heterocycles. The molecule has 0 spiro atoms. The number of amides is 1. The second-order valence-electron chi connectivity index (χ2n) is 6.86. The van der Waals surface area contributed by atoms with Crippen molar-refractivity contribution in [1.82, 2.24) is 20.1 Å². The summed E-state index contributed by atoms with van der Waals surface area (Å²) in [5, 5.41) is 11.5. The van der Waals surface area contributed by atoms with Crippen molar-refractivity contribution in [2.75, 3.05) is 12.3 Å². The zero-order valence-corrected chi connectivity index (χ0v) is 18.0. The van der Waals surface area contributed by atoms with Gasteiger partial charge in [0, 0.05) is 13.1 Å². The molecular formula is C19H26N4O3S2. The Morgan fingerprint density at radius 1 is 1.29 bits per heavy atom. The molecule has 0 aliphatic rings. The molecule has 7 nitrogen and oxygen atoms in total. The Morgan fingerprint density at radius 2 is 1.96 bits per heavy atom. The number of thioether (sulfide) groups is 1. The fraction of sp³-hybridized carbons (Fsp3) is 0.421. The highest BCUT2D eigenvalue weighted by atomic mass is 32.2. The van der Waals surface area contributed by atoms with Crippen LogP contribution in [-0.2, 0) is 26.9 Å². The molecule has 0 aliphatic carbocycles. The molecular weight excluding hydrogens is 396 g/mol. The van der Waals surface area contributed by atoms with Crippen LogP contribution in [0.3, 0.4) is 0 Å². The van der Waals surface area contributed by atoms with Gasteiger partial charge in [-0.25, -0.2) is 8.42 Å². The van der Waals surface area contributed by atoms with Gasteiger partial charge in [0.15, 0.2) is 15.0 Å². The van der Waals surface area contributed by atoms with Crippen LogP contribution in [0.1, 0.15) is 25.2 Å². The molecule has 1 aromatic heterocycles. The van der Waals surface area contributed by atoms with Crippen molar-refractivity contribution in [3.05, 3.63) is 48.3 Å². The van der Waals surface area contributed by atoms with Crippen LogP contribution in [0.25, 0.3) is 0 Å². The minimum atomic E-state index is -3.55.